The third-order valence-electron chi connectivity index (χ3n) is 1.27. The molecule has 0 aliphatic carbocycles. The van der Waals surface area contributed by atoms with Gasteiger partial charge in [-0.25, -0.2) is 0 Å². The predicted octanol–water partition coefficient (Wildman–Crippen LogP) is -0.205. The maximum atomic E-state index is 10.5. The van der Waals surface area contributed by atoms with Gasteiger partial charge in [0.05, 0.1) is 13.6 Å². The number of hydrogen-bond acceptors (Lipinski definition) is 1. The molecule has 0 spiro atoms. The highest BCUT2D eigenvalue weighted by Gasteiger charge is 2.04. The Kier molecular flexibility index (Phi) is 4.32. The SMILES string of the molecule is C[NH2+]CC(C)CC(C)=O. The molecule has 54 valence electrons. The van der Waals surface area contributed by atoms with Gasteiger partial charge in [-0.15, -0.1) is 0 Å². The van der Waals surface area contributed by atoms with Crippen molar-refractivity contribution < 1.29 is 10.1 Å². The summed E-state index contributed by atoms with van der Waals surface area (Å²) in [6.07, 6.45) is 0.727. The van der Waals surface area contributed by atoms with Crippen LogP contribution in [0.15, 0.2) is 0 Å². The summed E-state index contributed by atoms with van der Waals surface area (Å²) < 4.78 is 0. The Morgan fingerprint density at radius 2 is 2.22 bits per heavy atom. The molecule has 0 aromatic rings. The van der Waals surface area contributed by atoms with Crippen LogP contribution in [0.4, 0.5) is 0 Å². The van der Waals surface area contributed by atoms with Crippen LogP contribution in [0.5, 0.6) is 0 Å². The first kappa shape index (κ1) is 8.63. The van der Waals surface area contributed by atoms with E-state index in [1.54, 1.807) is 6.92 Å². The first-order valence-electron chi connectivity index (χ1n) is 3.44. The molecule has 0 aromatic carbocycles. The number of quaternary nitrogens is 1. The number of carbonyl (C=O) groups excluding carboxylic acids is 1. The molecule has 0 saturated carbocycles. The Bertz CT molecular complexity index is 90.9. The van der Waals surface area contributed by atoms with Gasteiger partial charge >= 0.3 is 0 Å². The van der Waals surface area contributed by atoms with Gasteiger partial charge in [-0.2, -0.15) is 0 Å². The first-order valence-corrected chi connectivity index (χ1v) is 3.44. The van der Waals surface area contributed by atoms with Crippen LogP contribution in [0.2, 0.25) is 0 Å². The van der Waals surface area contributed by atoms with Crippen molar-refractivity contribution in [3.63, 3.8) is 0 Å². The Hall–Kier alpha value is -0.370. The molecular weight excluding hydrogens is 114 g/mol. The van der Waals surface area contributed by atoms with Gasteiger partial charge in [0, 0.05) is 12.3 Å². The number of rotatable bonds is 4. The molecule has 0 saturated heterocycles. The summed E-state index contributed by atoms with van der Waals surface area (Å²) in [4.78, 5) is 10.5. The molecule has 2 heteroatoms. The van der Waals surface area contributed by atoms with Gasteiger partial charge in [-0.1, -0.05) is 6.92 Å². The molecule has 0 aromatic heterocycles. The normalized spacial score (nSPS) is 13.2. The number of ketones is 1. The highest BCUT2D eigenvalue weighted by molar-refractivity contribution is 5.75. The molecule has 0 amide bonds. The standard InChI is InChI=1S/C7H15NO/c1-6(5-8-3)4-7(2)9/h6,8H,4-5H2,1-3H3/p+1. The Balaban J connectivity index is 3.26. The van der Waals surface area contributed by atoms with Gasteiger partial charge in [0.1, 0.15) is 5.78 Å². The predicted molar refractivity (Wildman–Crippen MR) is 37.2 cm³/mol. The van der Waals surface area contributed by atoms with Crippen molar-refractivity contribution in [1.29, 1.82) is 0 Å². The zero-order valence-electron chi connectivity index (χ0n) is 6.48. The molecule has 2 nitrogen and oxygen atoms in total. The summed E-state index contributed by atoms with van der Waals surface area (Å²) in [5.41, 5.74) is 0. The van der Waals surface area contributed by atoms with E-state index in [0.29, 0.717) is 11.7 Å². The summed E-state index contributed by atoms with van der Waals surface area (Å²) in [6.45, 7) is 4.80. The maximum Gasteiger partial charge on any atom is 0.130 e. The minimum atomic E-state index is 0.296. The van der Waals surface area contributed by atoms with E-state index in [1.807, 2.05) is 7.05 Å². The first-order chi connectivity index (χ1) is 4.16. The van der Waals surface area contributed by atoms with Gasteiger partial charge in [0.25, 0.3) is 0 Å². The highest BCUT2D eigenvalue weighted by atomic mass is 16.1. The monoisotopic (exact) mass is 130 g/mol. The van der Waals surface area contributed by atoms with Crippen LogP contribution in [0.1, 0.15) is 20.3 Å². The van der Waals surface area contributed by atoms with E-state index in [4.69, 9.17) is 0 Å². The average molecular weight is 130 g/mol. The molecule has 0 fully saturated rings. The van der Waals surface area contributed by atoms with E-state index in [-0.39, 0.29) is 0 Å². The Morgan fingerprint density at radius 3 is 2.56 bits per heavy atom. The van der Waals surface area contributed by atoms with Gasteiger partial charge in [-0.3, -0.25) is 0 Å². The van der Waals surface area contributed by atoms with Gasteiger partial charge in [0.15, 0.2) is 0 Å². The van der Waals surface area contributed by atoms with E-state index in [2.05, 4.69) is 12.2 Å². The zero-order chi connectivity index (χ0) is 7.28. The number of hydrogen-bond donors (Lipinski definition) is 1. The van der Waals surface area contributed by atoms with Gasteiger partial charge in [-0.05, 0) is 6.92 Å². The van der Waals surface area contributed by atoms with Crippen LogP contribution < -0.4 is 5.32 Å². The molecule has 0 aliphatic rings. The van der Waals surface area contributed by atoms with E-state index in [9.17, 15) is 4.79 Å². The summed E-state index contributed by atoms with van der Waals surface area (Å²) in [5.74, 6) is 0.830. The van der Waals surface area contributed by atoms with Crippen LogP contribution >= 0.6 is 0 Å². The van der Waals surface area contributed by atoms with Crippen LogP contribution in [0.25, 0.3) is 0 Å². The second-order valence-corrected chi connectivity index (χ2v) is 2.66. The maximum absolute atomic E-state index is 10.5. The van der Waals surface area contributed by atoms with Crippen molar-refractivity contribution in [2.24, 2.45) is 5.92 Å². The number of nitrogens with two attached hydrogens (primary N) is 1. The van der Waals surface area contributed by atoms with E-state index in [1.165, 1.54) is 0 Å². The lowest BCUT2D eigenvalue weighted by atomic mass is 10.1. The molecule has 0 aliphatic heterocycles. The van der Waals surface area contributed by atoms with Crippen LogP contribution in [-0.2, 0) is 4.79 Å². The minimum Gasteiger partial charge on any atom is -0.348 e. The summed E-state index contributed by atoms with van der Waals surface area (Å²) in [5, 5.41) is 2.10. The molecule has 0 radical (unpaired) electrons. The number of carbonyl (C=O) groups is 1. The molecule has 9 heavy (non-hydrogen) atoms. The van der Waals surface area contributed by atoms with Gasteiger partial charge in [0.2, 0.25) is 0 Å². The topological polar surface area (TPSA) is 33.7 Å². The molecule has 1 atom stereocenters. The highest BCUT2D eigenvalue weighted by Crippen LogP contribution is 1.97. The third kappa shape index (κ3) is 5.50. The van der Waals surface area contributed by atoms with Crippen molar-refractivity contribution >= 4 is 5.78 Å². The summed E-state index contributed by atoms with van der Waals surface area (Å²) in [7, 11) is 2.02. The Labute approximate surface area is 56.6 Å². The van der Waals surface area contributed by atoms with Crippen LogP contribution in [0, 0.1) is 5.92 Å². The Morgan fingerprint density at radius 1 is 1.67 bits per heavy atom. The van der Waals surface area contributed by atoms with Crippen LogP contribution in [-0.4, -0.2) is 19.4 Å². The smallest absolute Gasteiger partial charge is 0.130 e. The molecule has 1 unspecified atom stereocenters. The second-order valence-electron chi connectivity index (χ2n) is 2.66. The van der Waals surface area contributed by atoms with Crippen molar-refractivity contribution in [2.45, 2.75) is 20.3 Å². The van der Waals surface area contributed by atoms with Crippen LogP contribution in [0.3, 0.4) is 0 Å². The van der Waals surface area contributed by atoms with Crippen molar-refractivity contribution in [2.75, 3.05) is 13.6 Å². The van der Waals surface area contributed by atoms with E-state index >= 15 is 0 Å². The lowest BCUT2D eigenvalue weighted by molar-refractivity contribution is -0.632. The fraction of sp³-hybridized carbons (Fsp3) is 0.857. The minimum absolute atomic E-state index is 0.296. The third-order valence-corrected chi connectivity index (χ3v) is 1.27. The van der Waals surface area contributed by atoms with E-state index in [0.717, 1.165) is 13.0 Å². The quantitative estimate of drug-likeness (QED) is 0.561. The van der Waals surface area contributed by atoms with Crippen molar-refractivity contribution in [1.82, 2.24) is 0 Å². The fourth-order valence-electron chi connectivity index (χ4n) is 0.976. The molecule has 0 rings (SSSR count). The average Bonchev–Trinajstić information content (AvgIpc) is 1.63. The molecule has 0 heterocycles. The lowest BCUT2D eigenvalue weighted by Crippen LogP contribution is -2.81. The molecule has 0 bridgehead atoms. The summed E-state index contributed by atoms with van der Waals surface area (Å²) >= 11 is 0. The largest absolute Gasteiger partial charge is 0.348 e. The number of Topliss-reactive ketones (excluding diaryl/α,β-unsaturated/α-hetero) is 1. The van der Waals surface area contributed by atoms with Gasteiger partial charge < -0.3 is 10.1 Å². The van der Waals surface area contributed by atoms with Crippen molar-refractivity contribution in [3.05, 3.63) is 0 Å². The fourth-order valence-corrected chi connectivity index (χ4v) is 0.976. The lowest BCUT2D eigenvalue weighted by Gasteiger charge is -2.03. The zero-order valence-corrected chi connectivity index (χ0v) is 6.48. The summed E-state index contributed by atoms with van der Waals surface area (Å²) in [6, 6.07) is 0. The van der Waals surface area contributed by atoms with E-state index < -0.39 is 0 Å². The van der Waals surface area contributed by atoms with Crippen molar-refractivity contribution in [3.8, 4) is 0 Å². The molecular formula is C7H16NO+. The second kappa shape index (κ2) is 4.50. The molecule has 2 N–H and O–H groups in total.